The summed E-state index contributed by atoms with van der Waals surface area (Å²) in [6.45, 7) is 4.17. The van der Waals surface area contributed by atoms with Crippen molar-refractivity contribution in [3.8, 4) is 0 Å². The summed E-state index contributed by atoms with van der Waals surface area (Å²) in [7, 11) is 0. The number of hydrogen-bond donors (Lipinski definition) is 2. The van der Waals surface area contributed by atoms with E-state index in [-0.39, 0.29) is 18.0 Å². The lowest BCUT2D eigenvalue weighted by atomic mass is 10.1. The number of amides is 1. The molecule has 1 aliphatic rings. The molecule has 1 heterocycles. The highest BCUT2D eigenvalue weighted by Gasteiger charge is 2.21. The van der Waals surface area contributed by atoms with Crippen LogP contribution in [0.4, 0.5) is 0 Å². The van der Waals surface area contributed by atoms with Crippen LogP contribution in [0.25, 0.3) is 0 Å². The SMILES string of the molecule is CC(NC(=O)CN1CC[C@H](N)C1)c1ccc(Br)cc1. The number of nitrogens with one attached hydrogen (secondary N) is 1. The van der Waals surface area contributed by atoms with Gasteiger partial charge in [0.2, 0.25) is 5.91 Å². The van der Waals surface area contributed by atoms with E-state index in [1.54, 1.807) is 0 Å². The van der Waals surface area contributed by atoms with Gasteiger partial charge >= 0.3 is 0 Å². The van der Waals surface area contributed by atoms with Crippen molar-refractivity contribution in [3.63, 3.8) is 0 Å². The second-order valence-electron chi connectivity index (χ2n) is 5.12. The van der Waals surface area contributed by atoms with Crippen molar-refractivity contribution >= 4 is 21.8 Å². The van der Waals surface area contributed by atoms with Crippen LogP contribution in [0.3, 0.4) is 0 Å². The van der Waals surface area contributed by atoms with Gasteiger partial charge in [0.05, 0.1) is 12.6 Å². The van der Waals surface area contributed by atoms with Crippen LogP contribution < -0.4 is 11.1 Å². The third-order valence-electron chi connectivity index (χ3n) is 3.42. The van der Waals surface area contributed by atoms with Crippen molar-refractivity contribution in [3.05, 3.63) is 34.3 Å². The maximum atomic E-state index is 12.0. The van der Waals surface area contributed by atoms with Crippen LogP contribution >= 0.6 is 15.9 Å². The highest BCUT2D eigenvalue weighted by Crippen LogP contribution is 2.16. The van der Waals surface area contributed by atoms with E-state index in [0.29, 0.717) is 6.54 Å². The Hall–Kier alpha value is -0.910. The molecule has 1 unspecified atom stereocenters. The van der Waals surface area contributed by atoms with Crippen LogP contribution in [0.5, 0.6) is 0 Å². The number of benzene rings is 1. The predicted octanol–water partition coefficient (Wildman–Crippen LogP) is 1.66. The van der Waals surface area contributed by atoms with Crippen molar-refractivity contribution in [2.24, 2.45) is 5.73 Å². The highest BCUT2D eigenvalue weighted by molar-refractivity contribution is 9.10. The van der Waals surface area contributed by atoms with Gasteiger partial charge in [-0.1, -0.05) is 28.1 Å². The fourth-order valence-electron chi connectivity index (χ4n) is 2.33. The van der Waals surface area contributed by atoms with E-state index in [4.69, 9.17) is 5.73 Å². The Morgan fingerprint density at radius 3 is 2.79 bits per heavy atom. The van der Waals surface area contributed by atoms with Crippen LogP contribution in [0.15, 0.2) is 28.7 Å². The number of nitrogens with zero attached hydrogens (tertiary/aromatic N) is 1. The monoisotopic (exact) mass is 325 g/mol. The minimum atomic E-state index is 0.0249. The molecule has 1 aliphatic heterocycles. The smallest absolute Gasteiger partial charge is 0.234 e. The van der Waals surface area contributed by atoms with E-state index in [0.717, 1.165) is 29.5 Å². The van der Waals surface area contributed by atoms with Gasteiger partial charge in [0.1, 0.15) is 0 Å². The lowest BCUT2D eigenvalue weighted by molar-refractivity contribution is -0.122. The summed E-state index contributed by atoms with van der Waals surface area (Å²) < 4.78 is 1.04. The number of carbonyl (C=O) groups is 1. The van der Waals surface area contributed by atoms with Gasteiger partial charge in [0.25, 0.3) is 0 Å². The Morgan fingerprint density at radius 2 is 2.21 bits per heavy atom. The molecular formula is C14H20BrN3O. The first-order valence-electron chi connectivity index (χ1n) is 6.57. The molecule has 1 fully saturated rings. The summed E-state index contributed by atoms with van der Waals surface area (Å²) >= 11 is 3.40. The first-order chi connectivity index (χ1) is 9.04. The maximum Gasteiger partial charge on any atom is 0.234 e. The molecule has 5 heteroatoms. The van der Waals surface area contributed by atoms with Gasteiger partial charge < -0.3 is 11.1 Å². The Labute approximate surface area is 122 Å². The summed E-state index contributed by atoms with van der Waals surface area (Å²) in [6, 6.07) is 8.24. The largest absolute Gasteiger partial charge is 0.348 e. The van der Waals surface area contributed by atoms with Gasteiger partial charge in [-0.3, -0.25) is 9.69 Å². The number of halogens is 1. The van der Waals surface area contributed by atoms with Crippen molar-refractivity contribution < 1.29 is 4.79 Å². The molecule has 0 bridgehead atoms. The second-order valence-corrected chi connectivity index (χ2v) is 6.04. The van der Waals surface area contributed by atoms with Gasteiger partial charge in [-0.05, 0) is 31.0 Å². The minimum absolute atomic E-state index is 0.0249. The molecule has 104 valence electrons. The van der Waals surface area contributed by atoms with E-state index in [1.165, 1.54) is 0 Å². The zero-order valence-corrected chi connectivity index (χ0v) is 12.7. The van der Waals surface area contributed by atoms with Gasteiger partial charge in [0, 0.05) is 23.6 Å². The van der Waals surface area contributed by atoms with E-state index in [9.17, 15) is 4.79 Å². The molecule has 1 amide bonds. The van der Waals surface area contributed by atoms with E-state index >= 15 is 0 Å². The maximum absolute atomic E-state index is 12.0. The van der Waals surface area contributed by atoms with Crippen LogP contribution in [-0.4, -0.2) is 36.5 Å². The molecule has 1 saturated heterocycles. The third-order valence-corrected chi connectivity index (χ3v) is 3.95. The minimum Gasteiger partial charge on any atom is -0.348 e. The van der Waals surface area contributed by atoms with E-state index in [2.05, 4.69) is 26.1 Å². The number of rotatable bonds is 4. The van der Waals surface area contributed by atoms with Crippen LogP contribution in [0.1, 0.15) is 24.9 Å². The molecule has 3 N–H and O–H groups in total. The summed E-state index contributed by atoms with van der Waals surface area (Å²) in [5.74, 6) is 0.0597. The molecule has 0 spiro atoms. The standard InChI is InChI=1S/C14H20BrN3O/c1-10(11-2-4-12(15)5-3-11)17-14(19)9-18-7-6-13(16)8-18/h2-5,10,13H,6-9,16H2,1H3,(H,17,19)/t10?,13-/m0/s1. The van der Waals surface area contributed by atoms with E-state index < -0.39 is 0 Å². The molecular weight excluding hydrogens is 306 g/mol. The molecule has 0 aromatic heterocycles. The summed E-state index contributed by atoms with van der Waals surface area (Å²) in [6.07, 6.45) is 0.982. The second kappa shape index (κ2) is 6.50. The van der Waals surface area contributed by atoms with Crippen LogP contribution in [0.2, 0.25) is 0 Å². The van der Waals surface area contributed by atoms with Crippen molar-refractivity contribution in [2.75, 3.05) is 19.6 Å². The zero-order chi connectivity index (χ0) is 13.8. The average molecular weight is 326 g/mol. The zero-order valence-electron chi connectivity index (χ0n) is 11.1. The normalized spacial score (nSPS) is 21.3. The van der Waals surface area contributed by atoms with Crippen molar-refractivity contribution in [2.45, 2.75) is 25.4 Å². The van der Waals surface area contributed by atoms with Gasteiger partial charge in [-0.15, -0.1) is 0 Å². The molecule has 1 aromatic carbocycles. The molecule has 1 aromatic rings. The third kappa shape index (κ3) is 4.30. The number of nitrogens with two attached hydrogens (primary N) is 1. The molecule has 2 rings (SSSR count). The molecule has 2 atom stereocenters. The fourth-order valence-corrected chi connectivity index (χ4v) is 2.60. The molecule has 0 saturated carbocycles. The quantitative estimate of drug-likeness (QED) is 0.885. The molecule has 0 radical (unpaired) electrons. The Balaban J connectivity index is 1.83. The van der Waals surface area contributed by atoms with Gasteiger partial charge in [-0.2, -0.15) is 0 Å². The van der Waals surface area contributed by atoms with Crippen LogP contribution in [-0.2, 0) is 4.79 Å². The summed E-state index contributed by atoms with van der Waals surface area (Å²) in [4.78, 5) is 14.1. The lowest BCUT2D eigenvalue weighted by Gasteiger charge is -2.18. The van der Waals surface area contributed by atoms with Gasteiger partial charge in [-0.25, -0.2) is 0 Å². The van der Waals surface area contributed by atoms with Crippen molar-refractivity contribution in [1.29, 1.82) is 0 Å². The van der Waals surface area contributed by atoms with Crippen LogP contribution in [0, 0.1) is 0 Å². The number of carbonyl (C=O) groups excluding carboxylic acids is 1. The van der Waals surface area contributed by atoms with Crippen molar-refractivity contribution in [1.82, 2.24) is 10.2 Å². The fraction of sp³-hybridized carbons (Fsp3) is 0.500. The highest BCUT2D eigenvalue weighted by atomic mass is 79.9. The average Bonchev–Trinajstić information content (AvgIpc) is 2.75. The number of likely N-dealkylation sites (tertiary alicyclic amines) is 1. The Bertz CT molecular complexity index is 435. The first-order valence-corrected chi connectivity index (χ1v) is 7.36. The molecule has 0 aliphatic carbocycles. The number of hydrogen-bond acceptors (Lipinski definition) is 3. The Kier molecular flexibility index (Phi) is 4.96. The molecule has 19 heavy (non-hydrogen) atoms. The molecule has 4 nitrogen and oxygen atoms in total. The Morgan fingerprint density at radius 1 is 1.53 bits per heavy atom. The first kappa shape index (κ1) is 14.5. The topological polar surface area (TPSA) is 58.4 Å². The van der Waals surface area contributed by atoms with E-state index in [1.807, 2.05) is 31.2 Å². The lowest BCUT2D eigenvalue weighted by Crippen LogP contribution is -2.38. The van der Waals surface area contributed by atoms with Gasteiger partial charge in [0.15, 0.2) is 0 Å². The summed E-state index contributed by atoms with van der Waals surface area (Å²) in [5, 5.41) is 3.02. The summed E-state index contributed by atoms with van der Waals surface area (Å²) in [5.41, 5.74) is 6.94. The predicted molar refractivity (Wildman–Crippen MR) is 79.7 cm³/mol.